The Morgan fingerprint density at radius 1 is 1.42 bits per heavy atom. The van der Waals surface area contributed by atoms with E-state index in [9.17, 15) is 9.90 Å². The lowest BCUT2D eigenvalue weighted by Crippen LogP contribution is -2.49. The van der Waals surface area contributed by atoms with Gasteiger partial charge in [-0.1, -0.05) is 33.6 Å². The molecule has 0 aliphatic heterocycles. The van der Waals surface area contributed by atoms with Crippen LogP contribution in [-0.4, -0.2) is 37.6 Å². The Balaban J connectivity index is 2.28. The maximum Gasteiger partial charge on any atom is 0.255 e. The summed E-state index contributed by atoms with van der Waals surface area (Å²) in [7, 11) is 0. The minimum Gasteiger partial charge on any atom is -0.388 e. The fourth-order valence-electron chi connectivity index (χ4n) is 2.60. The Hall–Kier alpha value is -1.95. The van der Waals surface area contributed by atoms with Gasteiger partial charge in [0.05, 0.1) is 29.1 Å². The number of fused-ring (bicyclic) bond motifs is 1. The van der Waals surface area contributed by atoms with Crippen molar-refractivity contribution < 1.29 is 9.90 Å². The molecule has 2 rings (SSSR count). The number of rotatable bonds is 7. The zero-order chi connectivity index (χ0) is 17.9. The molecule has 2 aromatic heterocycles. The second kappa shape index (κ2) is 7.30. The van der Waals surface area contributed by atoms with E-state index in [1.165, 1.54) is 0 Å². The summed E-state index contributed by atoms with van der Waals surface area (Å²) >= 11 is 0. The fraction of sp³-hybridized carbons (Fsp3) is 0.611. The van der Waals surface area contributed by atoms with Crippen LogP contribution in [0.4, 0.5) is 0 Å². The molecule has 0 saturated heterocycles. The van der Waals surface area contributed by atoms with E-state index in [0.29, 0.717) is 16.7 Å². The average molecular weight is 332 g/mol. The molecular weight excluding hydrogens is 304 g/mol. The van der Waals surface area contributed by atoms with Gasteiger partial charge >= 0.3 is 0 Å². The first-order chi connectivity index (χ1) is 11.2. The van der Waals surface area contributed by atoms with Crippen LogP contribution in [0.3, 0.4) is 0 Å². The van der Waals surface area contributed by atoms with E-state index >= 15 is 0 Å². The normalized spacial score (nSPS) is 13.5. The molecule has 2 aromatic rings. The van der Waals surface area contributed by atoms with Gasteiger partial charge in [-0.3, -0.25) is 4.79 Å². The maximum absolute atomic E-state index is 12.7. The summed E-state index contributed by atoms with van der Waals surface area (Å²) in [6, 6.07) is -0.309. The van der Waals surface area contributed by atoms with E-state index in [2.05, 4.69) is 27.2 Å². The van der Waals surface area contributed by atoms with E-state index in [-0.39, 0.29) is 17.9 Å². The summed E-state index contributed by atoms with van der Waals surface area (Å²) < 4.78 is 0. The standard InChI is InChI=1S/C18H28N4O2/c1-6-7-8-14(18(4,5)24)22-17(23)12-9-19-16-15(12)21-13(10-20-16)11(2)3/h9-11,14,24H,6-8H2,1-5H3,(H,19,20)(H,22,23). The lowest BCUT2D eigenvalue weighted by atomic mass is 9.93. The van der Waals surface area contributed by atoms with Crippen LogP contribution in [0.1, 0.15) is 75.9 Å². The van der Waals surface area contributed by atoms with Gasteiger partial charge in [0.2, 0.25) is 0 Å². The van der Waals surface area contributed by atoms with Crippen molar-refractivity contribution in [3.05, 3.63) is 23.7 Å². The summed E-state index contributed by atoms with van der Waals surface area (Å²) in [6.07, 6.45) is 6.05. The van der Waals surface area contributed by atoms with Crippen molar-refractivity contribution in [1.29, 1.82) is 0 Å². The summed E-state index contributed by atoms with van der Waals surface area (Å²) in [6.45, 7) is 9.61. The number of amides is 1. The molecule has 2 heterocycles. The van der Waals surface area contributed by atoms with Crippen LogP contribution in [0.25, 0.3) is 11.2 Å². The molecule has 0 aliphatic rings. The van der Waals surface area contributed by atoms with Gasteiger partial charge in [0.1, 0.15) is 5.52 Å². The van der Waals surface area contributed by atoms with Gasteiger partial charge in [-0.15, -0.1) is 0 Å². The van der Waals surface area contributed by atoms with Crippen LogP contribution >= 0.6 is 0 Å². The lowest BCUT2D eigenvalue weighted by Gasteiger charge is -2.30. The Labute approximate surface area is 143 Å². The number of carbonyl (C=O) groups excluding carboxylic acids is 1. The predicted octanol–water partition coefficient (Wildman–Crippen LogP) is 3.14. The number of H-pyrrole nitrogens is 1. The van der Waals surface area contributed by atoms with Crippen LogP contribution in [0.2, 0.25) is 0 Å². The smallest absolute Gasteiger partial charge is 0.255 e. The highest BCUT2D eigenvalue weighted by Crippen LogP contribution is 2.20. The highest BCUT2D eigenvalue weighted by molar-refractivity contribution is 6.04. The van der Waals surface area contributed by atoms with Crippen LogP contribution in [0.15, 0.2) is 12.4 Å². The summed E-state index contributed by atoms with van der Waals surface area (Å²) in [5.41, 5.74) is 1.50. The van der Waals surface area contributed by atoms with Crippen molar-refractivity contribution in [2.24, 2.45) is 0 Å². The van der Waals surface area contributed by atoms with Gasteiger partial charge in [-0.05, 0) is 26.2 Å². The van der Waals surface area contributed by atoms with Crippen molar-refractivity contribution in [3.63, 3.8) is 0 Å². The third-order valence-electron chi connectivity index (χ3n) is 4.24. The molecule has 1 amide bonds. The van der Waals surface area contributed by atoms with E-state index in [0.717, 1.165) is 25.0 Å². The molecule has 1 atom stereocenters. The Kier molecular flexibility index (Phi) is 5.59. The van der Waals surface area contributed by atoms with E-state index in [1.807, 2.05) is 13.8 Å². The Morgan fingerprint density at radius 3 is 2.71 bits per heavy atom. The number of unbranched alkanes of at least 4 members (excludes halogenated alkanes) is 1. The molecule has 0 aliphatic carbocycles. The quantitative estimate of drug-likeness (QED) is 0.726. The molecule has 0 aromatic carbocycles. The van der Waals surface area contributed by atoms with Crippen LogP contribution < -0.4 is 5.32 Å². The molecular formula is C18H28N4O2. The van der Waals surface area contributed by atoms with Gasteiger partial charge in [-0.25, -0.2) is 9.97 Å². The molecule has 1 unspecified atom stereocenters. The monoisotopic (exact) mass is 332 g/mol. The van der Waals surface area contributed by atoms with E-state index in [4.69, 9.17) is 0 Å². The van der Waals surface area contributed by atoms with Crippen molar-refractivity contribution >= 4 is 17.1 Å². The molecule has 3 N–H and O–H groups in total. The molecule has 0 spiro atoms. The third kappa shape index (κ3) is 4.12. The lowest BCUT2D eigenvalue weighted by molar-refractivity contribution is 0.0315. The van der Waals surface area contributed by atoms with Crippen molar-refractivity contribution in [2.75, 3.05) is 0 Å². The van der Waals surface area contributed by atoms with Crippen molar-refractivity contribution in [2.45, 2.75) is 71.4 Å². The van der Waals surface area contributed by atoms with Gasteiger partial charge in [0.25, 0.3) is 5.91 Å². The molecule has 0 fully saturated rings. The van der Waals surface area contributed by atoms with Crippen molar-refractivity contribution in [1.82, 2.24) is 20.3 Å². The highest BCUT2D eigenvalue weighted by Gasteiger charge is 2.29. The topological polar surface area (TPSA) is 90.9 Å². The fourth-order valence-corrected chi connectivity index (χ4v) is 2.60. The average Bonchev–Trinajstić information content (AvgIpc) is 2.93. The molecule has 6 heteroatoms. The SMILES string of the molecule is CCCCC(NC(=O)c1c[nH]c2ncc(C(C)C)nc12)C(C)(C)O. The van der Waals surface area contributed by atoms with Gasteiger partial charge in [-0.2, -0.15) is 0 Å². The van der Waals surface area contributed by atoms with Gasteiger partial charge in [0.15, 0.2) is 5.65 Å². The first-order valence-electron chi connectivity index (χ1n) is 8.61. The Morgan fingerprint density at radius 2 is 2.12 bits per heavy atom. The maximum atomic E-state index is 12.7. The van der Waals surface area contributed by atoms with Gasteiger partial charge in [0, 0.05) is 6.20 Å². The zero-order valence-electron chi connectivity index (χ0n) is 15.2. The molecule has 0 radical (unpaired) electrons. The number of hydrogen-bond acceptors (Lipinski definition) is 4. The molecule has 0 bridgehead atoms. The Bertz CT molecular complexity index is 701. The second-order valence-electron chi connectivity index (χ2n) is 7.17. The number of nitrogens with zero attached hydrogens (tertiary/aromatic N) is 2. The molecule has 6 nitrogen and oxygen atoms in total. The summed E-state index contributed by atoms with van der Waals surface area (Å²) in [5.74, 6) is 0.000994. The van der Waals surface area contributed by atoms with E-state index in [1.54, 1.807) is 26.2 Å². The number of aromatic amines is 1. The molecule has 24 heavy (non-hydrogen) atoms. The zero-order valence-corrected chi connectivity index (χ0v) is 15.2. The molecule has 0 saturated carbocycles. The predicted molar refractivity (Wildman–Crippen MR) is 95.1 cm³/mol. The van der Waals surface area contributed by atoms with Crippen LogP contribution in [0.5, 0.6) is 0 Å². The van der Waals surface area contributed by atoms with Crippen LogP contribution in [-0.2, 0) is 0 Å². The number of nitrogens with one attached hydrogen (secondary N) is 2. The van der Waals surface area contributed by atoms with Crippen LogP contribution in [0, 0.1) is 0 Å². The van der Waals surface area contributed by atoms with Gasteiger partial charge < -0.3 is 15.4 Å². The number of aliphatic hydroxyl groups is 1. The number of hydrogen-bond donors (Lipinski definition) is 3. The first kappa shape index (κ1) is 18.4. The third-order valence-corrected chi connectivity index (χ3v) is 4.24. The minimum atomic E-state index is -0.980. The largest absolute Gasteiger partial charge is 0.388 e. The minimum absolute atomic E-state index is 0.236. The molecule has 132 valence electrons. The number of aromatic nitrogens is 3. The second-order valence-corrected chi connectivity index (χ2v) is 7.17. The van der Waals surface area contributed by atoms with E-state index < -0.39 is 5.60 Å². The first-order valence-corrected chi connectivity index (χ1v) is 8.61. The number of carbonyl (C=O) groups is 1. The van der Waals surface area contributed by atoms with Crippen molar-refractivity contribution in [3.8, 4) is 0 Å². The highest BCUT2D eigenvalue weighted by atomic mass is 16.3. The summed E-state index contributed by atoms with van der Waals surface area (Å²) in [4.78, 5) is 24.6. The summed E-state index contributed by atoms with van der Waals surface area (Å²) in [5, 5.41) is 13.3.